The van der Waals surface area contributed by atoms with E-state index in [1.807, 2.05) is 48.5 Å². The summed E-state index contributed by atoms with van der Waals surface area (Å²) in [5.74, 6) is 3.46. The third-order valence-electron chi connectivity index (χ3n) is 6.22. The van der Waals surface area contributed by atoms with E-state index in [1.54, 1.807) is 0 Å². The number of nitrogens with zero attached hydrogens (tertiary/aromatic N) is 3. The maximum absolute atomic E-state index is 6.10. The Labute approximate surface area is 232 Å². The van der Waals surface area contributed by atoms with Gasteiger partial charge < -0.3 is 18.9 Å². The van der Waals surface area contributed by atoms with Gasteiger partial charge in [-0.3, -0.25) is 0 Å². The van der Waals surface area contributed by atoms with Crippen LogP contribution >= 0.6 is 11.6 Å². The predicted octanol–water partition coefficient (Wildman–Crippen LogP) is 8.29. The molecule has 6 heteroatoms. The van der Waals surface area contributed by atoms with Crippen molar-refractivity contribution >= 4 is 11.6 Å². The van der Waals surface area contributed by atoms with Crippen LogP contribution in [0.15, 0.2) is 79.0 Å². The molecule has 0 amide bonds. The number of aryl methyl sites for hydroxylation is 1. The molecule has 200 valence electrons. The van der Waals surface area contributed by atoms with Crippen molar-refractivity contribution < 1.29 is 9.47 Å². The van der Waals surface area contributed by atoms with Crippen molar-refractivity contribution in [2.24, 2.45) is 5.41 Å². The Morgan fingerprint density at radius 2 is 1.47 bits per heavy atom. The second-order valence-electron chi connectivity index (χ2n) is 10.8. The zero-order valence-electron chi connectivity index (χ0n) is 23.1. The number of imidazole rings is 1. The van der Waals surface area contributed by atoms with Gasteiger partial charge in [0, 0.05) is 40.9 Å². The minimum Gasteiger partial charge on any atom is -0.493 e. The molecule has 0 atom stereocenters. The highest BCUT2D eigenvalue weighted by molar-refractivity contribution is 6.30. The number of benzene rings is 3. The fourth-order valence-electron chi connectivity index (χ4n) is 4.51. The first kappa shape index (κ1) is 27.7. The van der Waals surface area contributed by atoms with Crippen molar-refractivity contribution in [2.45, 2.75) is 40.0 Å². The molecule has 38 heavy (non-hydrogen) atoms. The number of hydrogen-bond acceptors (Lipinski definition) is 4. The van der Waals surface area contributed by atoms with E-state index >= 15 is 0 Å². The molecule has 0 radical (unpaired) electrons. The van der Waals surface area contributed by atoms with Gasteiger partial charge in [-0.15, -0.1) is 0 Å². The molecule has 0 saturated heterocycles. The van der Waals surface area contributed by atoms with Crippen LogP contribution < -0.4 is 9.47 Å². The zero-order valence-corrected chi connectivity index (χ0v) is 23.8. The molecule has 0 spiro atoms. The molecular weight excluding hydrogens is 494 g/mol. The normalized spacial score (nSPS) is 11.7. The Hall–Kier alpha value is -3.28. The first-order valence-corrected chi connectivity index (χ1v) is 13.6. The Morgan fingerprint density at radius 1 is 0.868 bits per heavy atom. The van der Waals surface area contributed by atoms with Gasteiger partial charge in [0.25, 0.3) is 0 Å². The highest BCUT2D eigenvalue weighted by Gasteiger charge is 2.20. The lowest BCUT2D eigenvalue weighted by Crippen LogP contribution is -2.33. The minimum atomic E-state index is 0.0739. The van der Waals surface area contributed by atoms with E-state index in [9.17, 15) is 0 Å². The van der Waals surface area contributed by atoms with Crippen molar-refractivity contribution in [1.29, 1.82) is 0 Å². The number of rotatable bonds is 12. The third kappa shape index (κ3) is 7.62. The summed E-state index contributed by atoms with van der Waals surface area (Å²) >= 11 is 5.98. The van der Waals surface area contributed by atoms with Gasteiger partial charge in [-0.2, -0.15) is 0 Å². The molecule has 0 aliphatic carbocycles. The van der Waals surface area contributed by atoms with Crippen molar-refractivity contribution in [3.05, 3.63) is 89.8 Å². The number of hydrogen-bond donors (Lipinski definition) is 0. The van der Waals surface area contributed by atoms with Crippen LogP contribution in [-0.2, 0) is 6.42 Å². The summed E-state index contributed by atoms with van der Waals surface area (Å²) in [6.45, 7) is 8.29. The number of ether oxygens (including phenoxy) is 2. The van der Waals surface area contributed by atoms with E-state index in [4.69, 9.17) is 26.1 Å². The molecule has 0 N–H and O–H groups in total. The van der Waals surface area contributed by atoms with Gasteiger partial charge in [-0.1, -0.05) is 38.8 Å². The summed E-state index contributed by atoms with van der Waals surface area (Å²) in [5.41, 5.74) is 3.16. The first-order valence-electron chi connectivity index (χ1n) is 13.2. The molecule has 0 aliphatic rings. The van der Waals surface area contributed by atoms with Gasteiger partial charge in [-0.25, -0.2) is 4.98 Å². The summed E-state index contributed by atoms with van der Waals surface area (Å²) in [7, 11) is 4.18. The first-order chi connectivity index (χ1) is 18.2. The lowest BCUT2D eigenvalue weighted by atomic mass is 9.94. The maximum Gasteiger partial charge on any atom is 0.127 e. The highest BCUT2D eigenvalue weighted by atomic mass is 35.5. The SMILES string of the molecule is CCCCc1nc(-c2ccc(OCC(C)(C)CN(C)C)cc2)cn1-c1ccc(Oc2ccc(Cl)cc2)cc1. The summed E-state index contributed by atoms with van der Waals surface area (Å²) in [6, 6.07) is 23.7. The molecule has 0 aliphatic heterocycles. The van der Waals surface area contributed by atoms with Crippen molar-refractivity contribution in [3.8, 4) is 34.2 Å². The molecule has 0 fully saturated rings. The van der Waals surface area contributed by atoms with E-state index in [0.29, 0.717) is 11.6 Å². The van der Waals surface area contributed by atoms with Gasteiger partial charge in [0.05, 0.1) is 12.3 Å². The Balaban J connectivity index is 1.50. The van der Waals surface area contributed by atoms with Crippen molar-refractivity contribution in [3.63, 3.8) is 0 Å². The molecular formula is C32H38ClN3O2. The fraction of sp³-hybridized carbons (Fsp3) is 0.344. The van der Waals surface area contributed by atoms with E-state index in [1.165, 1.54) is 0 Å². The van der Waals surface area contributed by atoms with E-state index < -0.39 is 0 Å². The summed E-state index contributed by atoms with van der Waals surface area (Å²) in [4.78, 5) is 7.21. The largest absolute Gasteiger partial charge is 0.493 e. The molecule has 4 rings (SSSR count). The average molecular weight is 532 g/mol. The summed E-state index contributed by atoms with van der Waals surface area (Å²) < 4.78 is 14.3. The third-order valence-corrected chi connectivity index (χ3v) is 6.47. The van der Waals surface area contributed by atoms with Crippen LogP contribution in [-0.4, -0.2) is 41.7 Å². The van der Waals surface area contributed by atoms with Gasteiger partial charge in [0.1, 0.15) is 23.1 Å². The number of halogens is 1. The Morgan fingerprint density at radius 3 is 2.08 bits per heavy atom. The molecule has 1 aromatic heterocycles. The van der Waals surface area contributed by atoms with Crippen LogP contribution in [0.4, 0.5) is 0 Å². The van der Waals surface area contributed by atoms with Crippen LogP contribution in [0.2, 0.25) is 5.02 Å². The second-order valence-corrected chi connectivity index (χ2v) is 11.2. The molecule has 5 nitrogen and oxygen atoms in total. The summed E-state index contributed by atoms with van der Waals surface area (Å²) in [6.07, 6.45) is 5.24. The van der Waals surface area contributed by atoms with E-state index in [-0.39, 0.29) is 5.41 Å². The number of aromatic nitrogens is 2. The van der Waals surface area contributed by atoms with Crippen molar-refractivity contribution in [1.82, 2.24) is 14.5 Å². The van der Waals surface area contributed by atoms with Gasteiger partial charge >= 0.3 is 0 Å². The van der Waals surface area contributed by atoms with Gasteiger partial charge in [0.15, 0.2) is 0 Å². The predicted molar refractivity (Wildman–Crippen MR) is 157 cm³/mol. The molecule has 1 heterocycles. The molecule has 0 bridgehead atoms. The lowest BCUT2D eigenvalue weighted by Gasteiger charge is -2.28. The molecule has 4 aromatic rings. The second kappa shape index (κ2) is 12.5. The topological polar surface area (TPSA) is 39.5 Å². The fourth-order valence-corrected chi connectivity index (χ4v) is 4.63. The minimum absolute atomic E-state index is 0.0739. The van der Waals surface area contributed by atoms with Crippen molar-refractivity contribution in [2.75, 3.05) is 27.2 Å². The standard InChI is InChI=1S/C32H38ClN3O2/c1-6-7-8-31-34-30(24-9-15-27(16-10-24)37-23-32(2,3)22-35(4)5)21-36(31)26-13-19-29(20-14-26)38-28-17-11-25(33)12-18-28/h9-21H,6-8,22-23H2,1-5H3. The summed E-state index contributed by atoms with van der Waals surface area (Å²) in [5, 5.41) is 0.689. The van der Waals surface area contributed by atoms with E-state index in [0.717, 1.165) is 65.8 Å². The number of unbranched alkanes of at least 4 members (excludes halogenated alkanes) is 1. The maximum atomic E-state index is 6.10. The van der Waals surface area contributed by atoms with Gasteiger partial charge in [-0.05, 0) is 93.3 Å². The molecule has 3 aromatic carbocycles. The van der Waals surface area contributed by atoms with E-state index in [2.05, 4.69) is 74.8 Å². The van der Waals surface area contributed by atoms with Crippen LogP contribution in [0, 0.1) is 5.41 Å². The smallest absolute Gasteiger partial charge is 0.127 e. The lowest BCUT2D eigenvalue weighted by molar-refractivity contribution is 0.141. The molecule has 0 unspecified atom stereocenters. The molecule has 0 saturated carbocycles. The Bertz CT molecular complexity index is 1290. The highest BCUT2D eigenvalue weighted by Crippen LogP contribution is 2.28. The van der Waals surface area contributed by atoms with Crippen LogP contribution in [0.3, 0.4) is 0 Å². The Kier molecular flexibility index (Phi) is 9.13. The monoisotopic (exact) mass is 531 g/mol. The van der Waals surface area contributed by atoms with Crippen LogP contribution in [0.5, 0.6) is 17.2 Å². The quantitative estimate of drug-likeness (QED) is 0.184. The zero-order chi connectivity index (χ0) is 27.1. The average Bonchev–Trinajstić information content (AvgIpc) is 3.32. The van der Waals surface area contributed by atoms with Gasteiger partial charge in [0.2, 0.25) is 0 Å². The van der Waals surface area contributed by atoms with Crippen LogP contribution in [0.25, 0.3) is 16.9 Å². The van der Waals surface area contributed by atoms with Crippen LogP contribution in [0.1, 0.15) is 39.4 Å².